The quantitative estimate of drug-likeness (QED) is 0.0120. The maximum Gasteiger partial charge on any atom is 0.335 e. The van der Waals surface area contributed by atoms with Crippen molar-refractivity contribution < 1.29 is 44.2 Å². The van der Waals surface area contributed by atoms with Gasteiger partial charge in [-0.05, 0) is 107 Å². The third-order valence-corrected chi connectivity index (χ3v) is 10.4. The number of nitrogen functional groups attached to an aromatic ring is 1. The SMILES string of the molecule is CCCCN(CCCC)C(=O)c1cccc(N)c1.CCCCN(CCCC)C(=O)c1cccc([N+](=O)[O-])c1.CCCCNCCCC.CCO.ClC(Cl)Cl.O=C(Cl)c1cccc([N+](=O)[O-])c1.O=C(O)c1cccc([N+](=O)[O-])c1. The van der Waals surface area contributed by atoms with E-state index < -0.39 is 30.3 Å². The summed E-state index contributed by atoms with van der Waals surface area (Å²) in [6.07, 6.45) is 13.5. The van der Waals surface area contributed by atoms with E-state index in [-0.39, 0.29) is 46.6 Å². The van der Waals surface area contributed by atoms with E-state index in [1.165, 1.54) is 87.3 Å². The average Bonchev–Trinajstić information content (AvgIpc) is 3.41. The number of alkyl halides is 3. The molecule has 0 heterocycles. The molecule has 0 radical (unpaired) electrons. The lowest BCUT2D eigenvalue weighted by atomic mass is 10.1. The Morgan fingerprint density at radius 3 is 1.10 bits per heavy atom. The normalized spacial score (nSPS) is 9.76. The molecule has 2 amide bonds. The fourth-order valence-electron chi connectivity index (χ4n) is 6.04. The summed E-state index contributed by atoms with van der Waals surface area (Å²) in [4.78, 5) is 79.0. The number of halogens is 4. The number of hydrogen-bond donors (Lipinski definition) is 4. The first-order valence-electron chi connectivity index (χ1n) is 25.9. The molecule has 0 aromatic heterocycles. The molecule has 0 spiro atoms. The first kappa shape index (κ1) is 76.3. The van der Waals surface area contributed by atoms with Crippen LogP contribution in [-0.2, 0) is 0 Å². The zero-order chi connectivity index (χ0) is 59.8. The number of nitro groups is 3. The number of carboxylic acids is 1. The van der Waals surface area contributed by atoms with Gasteiger partial charge in [-0.1, -0.05) is 139 Å². The molecule has 436 valence electrons. The van der Waals surface area contributed by atoms with Gasteiger partial charge in [0.2, 0.25) is 0 Å². The van der Waals surface area contributed by atoms with Crippen LogP contribution >= 0.6 is 46.4 Å². The number of benzene rings is 4. The van der Waals surface area contributed by atoms with E-state index in [0.717, 1.165) is 76.6 Å². The number of amides is 2. The molecule has 4 rings (SSSR count). The number of nitrogens with two attached hydrogens (primary N) is 1. The molecule has 0 aliphatic rings. The molecule has 0 saturated heterocycles. The van der Waals surface area contributed by atoms with Gasteiger partial charge in [-0.3, -0.25) is 44.7 Å². The van der Waals surface area contributed by atoms with Crippen molar-refractivity contribution in [3.63, 3.8) is 0 Å². The maximum absolute atomic E-state index is 12.4. The second-order valence-corrected chi connectivity index (χ2v) is 19.0. The third-order valence-electron chi connectivity index (χ3n) is 10.1. The highest BCUT2D eigenvalue weighted by molar-refractivity contribution is 6.67. The molecule has 0 unspecified atom stereocenters. The number of nitrogens with zero attached hydrogens (tertiary/aromatic N) is 5. The smallest absolute Gasteiger partial charge is 0.335 e. The molecule has 5 N–H and O–H groups in total. The third kappa shape index (κ3) is 39.4. The number of carbonyl (C=O) groups excluding carboxylic acids is 3. The highest BCUT2D eigenvalue weighted by Crippen LogP contribution is 2.17. The maximum atomic E-state index is 12.4. The standard InChI is InChI=1S/C15H22N2O3.C15H24N2O.C8H19N.C7H4ClNO3.C7H5NO4.C2H6O.CHCl3/c1-3-5-10-16(11-6-4-2)15(18)13-8-7-9-14(12-13)17(19)20;1-3-5-10-17(11-6-4-2)15(18)13-8-7-9-14(16)12-13;1-3-5-7-9-8-6-4-2;8-7(10)5-2-1-3-6(4-5)9(11)12;9-7(10)5-2-1-3-6(4-5)8(11)12;1-2-3;2-1(3)4/h7-9,12H,3-6,10-11H2,1-2H3;7-9,12H,3-6,10-11,16H2,1-2H3;9H,3-8H2,1-2H3;1-4H;1-4H,(H,9,10);3H,2H2,1H3;1H. The topological polar surface area (TPSA) is 283 Å². The van der Waals surface area contributed by atoms with Gasteiger partial charge in [0.15, 0.2) is 4.30 Å². The Bertz CT molecular complexity index is 2160. The monoisotopic (exact) mass is 1170 g/mol. The van der Waals surface area contributed by atoms with Gasteiger partial charge in [-0.2, -0.15) is 0 Å². The number of unbranched alkanes of at least 4 members (excludes halogenated alkanes) is 6. The van der Waals surface area contributed by atoms with Gasteiger partial charge in [-0.25, -0.2) is 4.79 Å². The molecule has 4 aromatic carbocycles. The van der Waals surface area contributed by atoms with Crippen LogP contribution in [0.3, 0.4) is 0 Å². The lowest BCUT2D eigenvalue weighted by Crippen LogP contribution is -2.33. The molecular formula is C55H81Cl4N7O12. The summed E-state index contributed by atoms with van der Waals surface area (Å²) >= 11 is 19.5. The van der Waals surface area contributed by atoms with Gasteiger partial charge in [0, 0.05) is 91.6 Å². The predicted molar refractivity (Wildman–Crippen MR) is 316 cm³/mol. The summed E-state index contributed by atoms with van der Waals surface area (Å²) in [6, 6.07) is 23.3. The molecule has 19 nitrogen and oxygen atoms in total. The lowest BCUT2D eigenvalue weighted by Gasteiger charge is -2.22. The summed E-state index contributed by atoms with van der Waals surface area (Å²) in [5, 5.41) is 49.9. The molecule has 4 aromatic rings. The summed E-state index contributed by atoms with van der Waals surface area (Å²) in [5.41, 5.74) is 7.12. The highest BCUT2D eigenvalue weighted by Gasteiger charge is 2.18. The minimum absolute atomic E-state index is 0.0400. The second-order valence-electron chi connectivity index (χ2n) is 16.6. The van der Waals surface area contributed by atoms with E-state index in [9.17, 15) is 49.5 Å². The van der Waals surface area contributed by atoms with Crippen LogP contribution < -0.4 is 11.1 Å². The minimum atomic E-state index is -1.17. The Labute approximate surface area is 480 Å². The number of aliphatic hydroxyl groups is 1. The van der Waals surface area contributed by atoms with Crippen LogP contribution in [0, 0.1) is 30.3 Å². The number of anilines is 1. The van der Waals surface area contributed by atoms with Crippen LogP contribution in [0.25, 0.3) is 0 Å². The lowest BCUT2D eigenvalue weighted by molar-refractivity contribution is -0.385. The van der Waals surface area contributed by atoms with Gasteiger partial charge < -0.3 is 31.1 Å². The highest BCUT2D eigenvalue weighted by atomic mass is 35.6. The predicted octanol–water partition coefficient (Wildman–Crippen LogP) is 14.4. The van der Waals surface area contributed by atoms with E-state index in [4.69, 9.17) is 62.4 Å². The Morgan fingerprint density at radius 1 is 0.526 bits per heavy atom. The fraction of sp³-hybridized carbons (Fsp3) is 0.491. The molecule has 0 saturated carbocycles. The van der Waals surface area contributed by atoms with E-state index in [2.05, 4.69) is 46.9 Å². The van der Waals surface area contributed by atoms with Crippen molar-refractivity contribution in [1.82, 2.24) is 15.1 Å². The van der Waals surface area contributed by atoms with Crippen LogP contribution in [0.5, 0.6) is 0 Å². The van der Waals surface area contributed by atoms with Crippen molar-refractivity contribution in [2.75, 3.05) is 51.6 Å². The number of carboxylic acid groups (broad SMARTS) is 1. The van der Waals surface area contributed by atoms with Crippen LogP contribution in [0.15, 0.2) is 97.1 Å². The minimum Gasteiger partial charge on any atom is -0.478 e. The van der Waals surface area contributed by atoms with Gasteiger partial charge in [0.1, 0.15) is 0 Å². The largest absolute Gasteiger partial charge is 0.478 e. The number of nitro benzene ring substituents is 3. The Kier molecular flexibility index (Phi) is 48.3. The van der Waals surface area contributed by atoms with Gasteiger partial charge in [0.25, 0.3) is 34.1 Å². The number of rotatable bonds is 25. The van der Waals surface area contributed by atoms with E-state index in [0.29, 0.717) is 29.9 Å². The first-order valence-corrected chi connectivity index (χ1v) is 27.6. The van der Waals surface area contributed by atoms with Gasteiger partial charge in [0.05, 0.1) is 20.3 Å². The zero-order valence-electron chi connectivity index (χ0n) is 46.1. The van der Waals surface area contributed by atoms with Crippen LogP contribution in [0.1, 0.15) is 167 Å². The molecule has 0 fully saturated rings. The van der Waals surface area contributed by atoms with Gasteiger partial charge >= 0.3 is 5.97 Å². The summed E-state index contributed by atoms with van der Waals surface area (Å²) in [5.74, 6) is -1.18. The van der Waals surface area contributed by atoms with Crippen molar-refractivity contribution in [3.8, 4) is 0 Å². The molecular weight excluding hydrogens is 1090 g/mol. The number of nitrogens with one attached hydrogen (secondary N) is 1. The van der Waals surface area contributed by atoms with Crippen LogP contribution in [0.4, 0.5) is 22.7 Å². The summed E-state index contributed by atoms with van der Waals surface area (Å²) < 4.78 is -0.750. The van der Waals surface area contributed by atoms with Crippen molar-refractivity contribution in [3.05, 3.63) is 150 Å². The fourth-order valence-corrected chi connectivity index (χ4v) is 6.16. The molecule has 23 heteroatoms. The van der Waals surface area contributed by atoms with Gasteiger partial charge in [-0.15, -0.1) is 0 Å². The zero-order valence-corrected chi connectivity index (χ0v) is 49.1. The van der Waals surface area contributed by atoms with E-state index in [1.807, 2.05) is 17.0 Å². The first-order chi connectivity index (χ1) is 37.1. The molecule has 0 aliphatic heterocycles. The van der Waals surface area contributed by atoms with E-state index in [1.54, 1.807) is 36.1 Å². The Hall–Kier alpha value is -5.96. The molecule has 0 atom stereocenters. The number of carbonyl (C=O) groups is 4. The Balaban J connectivity index is -0.000000894. The Morgan fingerprint density at radius 2 is 0.808 bits per heavy atom. The summed E-state index contributed by atoms with van der Waals surface area (Å²) in [6.45, 7) is 20.3. The number of aromatic carboxylic acids is 1. The molecule has 78 heavy (non-hydrogen) atoms. The number of aliphatic hydroxyl groups excluding tert-OH is 1. The van der Waals surface area contributed by atoms with Crippen molar-refractivity contribution in [2.24, 2.45) is 0 Å². The average molecular weight is 1170 g/mol. The number of hydrogen-bond acceptors (Lipinski definition) is 13. The second kappa shape index (κ2) is 49.3. The van der Waals surface area contributed by atoms with Crippen LogP contribution in [-0.4, -0.2) is 108 Å². The summed E-state index contributed by atoms with van der Waals surface area (Å²) in [7, 11) is 0. The number of non-ortho nitro benzene ring substituents is 3. The van der Waals surface area contributed by atoms with Crippen molar-refractivity contribution in [1.29, 1.82) is 0 Å². The molecule has 0 bridgehead atoms. The van der Waals surface area contributed by atoms with E-state index >= 15 is 0 Å². The van der Waals surface area contributed by atoms with Crippen molar-refractivity contribution >= 4 is 92.2 Å². The molecule has 0 aliphatic carbocycles. The van der Waals surface area contributed by atoms with Crippen LogP contribution in [0.2, 0.25) is 0 Å². The van der Waals surface area contributed by atoms with Crippen molar-refractivity contribution in [2.45, 2.75) is 130 Å².